The number of rotatable bonds is 5. The van der Waals surface area contributed by atoms with Gasteiger partial charge in [0, 0.05) is 17.3 Å². The van der Waals surface area contributed by atoms with Gasteiger partial charge in [0.25, 0.3) is 0 Å². The molecule has 1 aliphatic heterocycles. The van der Waals surface area contributed by atoms with Gasteiger partial charge in [-0.15, -0.1) is 0 Å². The lowest BCUT2D eigenvalue weighted by molar-refractivity contribution is 0.0836. The van der Waals surface area contributed by atoms with E-state index < -0.39 is 6.04 Å². The monoisotopic (exact) mass is 327 g/mol. The Balaban J connectivity index is 1.85. The SMILES string of the molecule is CCCC1CCC(c2nc(C)cc(-c3ccc(C(=O)F)cc3)n2)N1. The molecule has 0 amide bonds. The van der Waals surface area contributed by atoms with Gasteiger partial charge in [-0.2, -0.15) is 4.39 Å². The van der Waals surface area contributed by atoms with E-state index in [2.05, 4.69) is 17.2 Å². The minimum Gasteiger partial charge on any atom is -0.304 e. The summed E-state index contributed by atoms with van der Waals surface area (Å²) in [5, 5.41) is 3.62. The van der Waals surface area contributed by atoms with Crippen molar-refractivity contribution in [2.75, 3.05) is 0 Å². The van der Waals surface area contributed by atoms with Gasteiger partial charge in [0.05, 0.1) is 17.3 Å². The topological polar surface area (TPSA) is 54.9 Å². The number of aromatic nitrogens is 2. The molecule has 1 N–H and O–H groups in total. The number of aryl methyl sites for hydroxylation is 1. The lowest BCUT2D eigenvalue weighted by Gasteiger charge is -2.14. The summed E-state index contributed by atoms with van der Waals surface area (Å²) in [6, 6.07) is 7.64. The highest BCUT2D eigenvalue weighted by Crippen LogP contribution is 2.28. The molecule has 5 heteroatoms. The van der Waals surface area contributed by atoms with Crippen LogP contribution in [-0.4, -0.2) is 22.0 Å². The number of halogens is 1. The quantitative estimate of drug-likeness (QED) is 0.838. The van der Waals surface area contributed by atoms with E-state index in [1.165, 1.54) is 25.0 Å². The Morgan fingerprint density at radius 3 is 2.67 bits per heavy atom. The fourth-order valence-electron chi connectivity index (χ4n) is 3.27. The zero-order chi connectivity index (χ0) is 17.1. The summed E-state index contributed by atoms with van der Waals surface area (Å²) in [4.78, 5) is 20.1. The Bertz CT molecular complexity index is 730. The van der Waals surface area contributed by atoms with E-state index in [1.807, 2.05) is 13.0 Å². The number of nitrogens with one attached hydrogen (secondary N) is 1. The molecule has 1 aliphatic rings. The zero-order valence-corrected chi connectivity index (χ0v) is 14.1. The van der Waals surface area contributed by atoms with Crippen LogP contribution in [0.4, 0.5) is 4.39 Å². The summed E-state index contributed by atoms with van der Waals surface area (Å²) in [5.41, 5.74) is 2.62. The molecule has 3 rings (SSSR count). The fraction of sp³-hybridized carbons (Fsp3) is 0.421. The summed E-state index contributed by atoms with van der Waals surface area (Å²) >= 11 is 0. The van der Waals surface area contributed by atoms with Gasteiger partial charge in [0.15, 0.2) is 0 Å². The highest BCUT2D eigenvalue weighted by Gasteiger charge is 2.26. The van der Waals surface area contributed by atoms with Crippen molar-refractivity contribution < 1.29 is 9.18 Å². The van der Waals surface area contributed by atoms with Gasteiger partial charge >= 0.3 is 6.04 Å². The summed E-state index contributed by atoms with van der Waals surface area (Å²) in [6.45, 7) is 4.15. The molecule has 2 atom stereocenters. The van der Waals surface area contributed by atoms with Gasteiger partial charge < -0.3 is 5.32 Å². The minimum absolute atomic E-state index is 0.0598. The molecular weight excluding hydrogens is 305 g/mol. The molecule has 0 spiro atoms. The van der Waals surface area contributed by atoms with Crippen LogP contribution in [-0.2, 0) is 0 Å². The van der Waals surface area contributed by atoms with Crippen LogP contribution in [0.25, 0.3) is 11.3 Å². The number of nitrogens with zero attached hydrogens (tertiary/aromatic N) is 2. The smallest absolute Gasteiger partial charge is 0.304 e. The van der Waals surface area contributed by atoms with Crippen molar-refractivity contribution in [2.24, 2.45) is 0 Å². The summed E-state index contributed by atoms with van der Waals surface area (Å²) in [6.07, 6.45) is 4.54. The first kappa shape index (κ1) is 16.7. The molecule has 2 aromatic rings. The van der Waals surface area contributed by atoms with Gasteiger partial charge in [0.1, 0.15) is 5.82 Å². The van der Waals surface area contributed by atoms with Crippen LogP contribution in [0, 0.1) is 6.92 Å². The molecule has 24 heavy (non-hydrogen) atoms. The predicted molar refractivity (Wildman–Crippen MR) is 91.5 cm³/mol. The van der Waals surface area contributed by atoms with Crippen molar-refractivity contribution in [3.8, 4) is 11.3 Å². The van der Waals surface area contributed by atoms with Crippen molar-refractivity contribution in [3.05, 3.63) is 47.4 Å². The molecular formula is C19H22FN3O. The molecule has 1 fully saturated rings. The summed E-state index contributed by atoms with van der Waals surface area (Å²) in [5.74, 6) is 0.814. The van der Waals surface area contributed by atoms with Crippen LogP contribution >= 0.6 is 0 Å². The first-order valence-corrected chi connectivity index (χ1v) is 8.48. The molecule has 0 radical (unpaired) electrons. The fourth-order valence-corrected chi connectivity index (χ4v) is 3.27. The number of benzene rings is 1. The molecule has 1 aromatic carbocycles. The van der Waals surface area contributed by atoms with Crippen LogP contribution in [0.1, 0.15) is 60.5 Å². The van der Waals surface area contributed by atoms with Gasteiger partial charge in [-0.05, 0) is 44.4 Å². The molecule has 1 saturated heterocycles. The second kappa shape index (κ2) is 7.18. The van der Waals surface area contributed by atoms with Crippen LogP contribution in [0.3, 0.4) is 0 Å². The maximum atomic E-state index is 12.7. The van der Waals surface area contributed by atoms with Crippen molar-refractivity contribution in [1.29, 1.82) is 0 Å². The van der Waals surface area contributed by atoms with Gasteiger partial charge in [0.2, 0.25) is 0 Å². The van der Waals surface area contributed by atoms with Gasteiger partial charge in [-0.1, -0.05) is 25.5 Å². The Morgan fingerprint density at radius 2 is 2.00 bits per heavy atom. The highest BCUT2D eigenvalue weighted by atomic mass is 19.1. The minimum atomic E-state index is -1.42. The molecule has 0 saturated carbocycles. The molecule has 2 unspecified atom stereocenters. The van der Waals surface area contributed by atoms with Crippen LogP contribution in [0.15, 0.2) is 30.3 Å². The lowest BCUT2D eigenvalue weighted by Crippen LogP contribution is -2.25. The second-order valence-corrected chi connectivity index (χ2v) is 6.39. The van der Waals surface area contributed by atoms with E-state index in [1.54, 1.807) is 12.1 Å². The van der Waals surface area contributed by atoms with E-state index in [-0.39, 0.29) is 11.6 Å². The van der Waals surface area contributed by atoms with Crippen molar-refractivity contribution in [1.82, 2.24) is 15.3 Å². The van der Waals surface area contributed by atoms with Crippen LogP contribution in [0.5, 0.6) is 0 Å². The molecule has 0 bridgehead atoms. The Morgan fingerprint density at radius 1 is 1.25 bits per heavy atom. The van der Waals surface area contributed by atoms with E-state index >= 15 is 0 Å². The zero-order valence-electron chi connectivity index (χ0n) is 14.1. The Kier molecular flexibility index (Phi) is 5.00. The van der Waals surface area contributed by atoms with Crippen molar-refractivity contribution in [2.45, 2.75) is 51.6 Å². The molecule has 126 valence electrons. The van der Waals surface area contributed by atoms with Gasteiger partial charge in [-0.25, -0.2) is 9.97 Å². The highest BCUT2D eigenvalue weighted by molar-refractivity contribution is 5.88. The Hall–Kier alpha value is -2.14. The third-order valence-electron chi connectivity index (χ3n) is 4.47. The molecule has 4 nitrogen and oxygen atoms in total. The van der Waals surface area contributed by atoms with Crippen molar-refractivity contribution in [3.63, 3.8) is 0 Å². The third-order valence-corrected chi connectivity index (χ3v) is 4.47. The maximum absolute atomic E-state index is 12.7. The van der Waals surface area contributed by atoms with E-state index in [0.29, 0.717) is 6.04 Å². The summed E-state index contributed by atoms with van der Waals surface area (Å²) in [7, 11) is 0. The number of carbonyl (C=O) groups is 1. The van der Waals surface area contributed by atoms with Gasteiger partial charge in [-0.3, -0.25) is 4.79 Å². The first-order valence-electron chi connectivity index (χ1n) is 8.48. The number of carbonyl (C=O) groups excluding carboxylic acids is 1. The standard InChI is InChI=1S/C19H22FN3O/c1-3-4-15-9-10-16(22-15)19-21-12(2)11-17(23-19)13-5-7-14(8-6-13)18(20)24/h5-8,11,15-16,22H,3-4,9-10H2,1-2H3. The molecule has 1 aromatic heterocycles. The molecule has 0 aliphatic carbocycles. The number of hydrogen-bond donors (Lipinski definition) is 1. The van der Waals surface area contributed by atoms with Crippen molar-refractivity contribution >= 4 is 6.04 Å². The first-order chi connectivity index (χ1) is 11.6. The van der Waals surface area contributed by atoms with Crippen LogP contribution in [0.2, 0.25) is 0 Å². The normalized spacial score (nSPS) is 20.3. The maximum Gasteiger partial charge on any atom is 0.332 e. The van der Waals surface area contributed by atoms with E-state index in [0.717, 1.165) is 35.6 Å². The average Bonchev–Trinajstić information content (AvgIpc) is 3.03. The van der Waals surface area contributed by atoms with E-state index in [9.17, 15) is 9.18 Å². The predicted octanol–water partition coefficient (Wildman–Crippen LogP) is 4.15. The largest absolute Gasteiger partial charge is 0.332 e. The summed E-state index contributed by atoms with van der Waals surface area (Å²) < 4.78 is 12.7. The third kappa shape index (κ3) is 3.67. The Labute approximate surface area is 141 Å². The van der Waals surface area contributed by atoms with Crippen LogP contribution < -0.4 is 5.32 Å². The number of hydrogen-bond acceptors (Lipinski definition) is 4. The second-order valence-electron chi connectivity index (χ2n) is 6.39. The molecule has 2 heterocycles. The lowest BCUT2D eigenvalue weighted by atomic mass is 10.1. The average molecular weight is 327 g/mol. The van der Waals surface area contributed by atoms with E-state index in [4.69, 9.17) is 4.98 Å².